The second kappa shape index (κ2) is 7.64. The van der Waals surface area contributed by atoms with Gasteiger partial charge in [-0.25, -0.2) is 9.18 Å². The first-order valence-corrected chi connectivity index (χ1v) is 8.62. The van der Waals surface area contributed by atoms with Crippen LogP contribution in [0.4, 0.5) is 9.18 Å². The summed E-state index contributed by atoms with van der Waals surface area (Å²) >= 11 is 0. The topological polar surface area (TPSA) is 50.4 Å². The molecule has 2 aromatic carbocycles. The van der Waals surface area contributed by atoms with Crippen molar-refractivity contribution in [3.63, 3.8) is 0 Å². The summed E-state index contributed by atoms with van der Waals surface area (Å²) in [5.74, 6) is 0.433. The van der Waals surface area contributed by atoms with Crippen molar-refractivity contribution in [2.45, 2.75) is 12.0 Å². The Morgan fingerprint density at radius 3 is 2.46 bits per heavy atom. The van der Waals surface area contributed by atoms with Crippen LogP contribution in [0.3, 0.4) is 0 Å². The van der Waals surface area contributed by atoms with Gasteiger partial charge in [0.05, 0.1) is 0 Å². The molecule has 1 aliphatic carbocycles. The molecular formula is C20H22ClFN2O2. The van der Waals surface area contributed by atoms with Gasteiger partial charge < -0.3 is 15.4 Å². The number of rotatable bonds is 5. The van der Waals surface area contributed by atoms with Gasteiger partial charge in [0, 0.05) is 12.0 Å². The molecule has 4 nitrogen and oxygen atoms in total. The van der Waals surface area contributed by atoms with E-state index in [-0.39, 0.29) is 30.2 Å². The van der Waals surface area contributed by atoms with Crippen LogP contribution in [0.15, 0.2) is 54.6 Å². The molecule has 1 heterocycles. The number of benzene rings is 2. The maximum Gasteiger partial charge on any atom is 0.407 e. The van der Waals surface area contributed by atoms with Crippen molar-refractivity contribution in [3.8, 4) is 0 Å². The van der Waals surface area contributed by atoms with E-state index in [9.17, 15) is 9.18 Å². The number of amides is 1. The summed E-state index contributed by atoms with van der Waals surface area (Å²) in [6.45, 7) is 2.31. The Balaban J connectivity index is 0.00000196. The summed E-state index contributed by atoms with van der Waals surface area (Å²) in [6, 6.07) is 16.5. The van der Waals surface area contributed by atoms with E-state index in [1.54, 1.807) is 6.07 Å². The third-order valence-electron chi connectivity index (χ3n) is 5.53. The molecule has 4 rings (SSSR count). The minimum absolute atomic E-state index is 0. The second-order valence-corrected chi connectivity index (χ2v) is 6.81. The molecule has 2 atom stereocenters. The predicted molar refractivity (Wildman–Crippen MR) is 99.8 cm³/mol. The molecule has 0 bridgehead atoms. The van der Waals surface area contributed by atoms with Crippen molar-refractivity contribution in [2.24, 2.45) is 11.8 Å². The van der Waals surface area contributed by atoms with Crippen LogP contribution < -0.4 is 10.6 Å². The molecule has 0 spiro atoms. The Bertz CT molecular complexity index is 761. The summed E-state index contributed by atoms with van der Waals surface area (Å²) in [7, 11) is 0. The van der Waals surface area contributed by atoms with Crippen molar-refractivity contribution >= 4 is 18.5 Å². The van der Waals surface area contributed by atoms with E-state index in [1.165, 1.54) is 6.07 Å². The van der Waals surface area contributed by atoms with E-state index in [1.807, 2.05) is 42.5 Å². The van der Waals surface area contributed by atoms with Crippen LogP contribution in [-0.2, 0) is 16.7 Å². The molecule has 1 saturated carbocycles. The lowest BCUT2D eigenvalue weighted by Crippen LogP contribution is -2.33. The van der Waals surface area contributed by atoms with Gasteiger partial charge in [-0.3, -0.25) is 0 Å². The van der Waals surface area contributed by atoms with Crippen molar-refractivity contribution in [1.82, 2.24) is 10.6 Å². The first-order chi connectivity index (χ1) is 12.2. The van der Waals surface area contributed by atoms with Crippen LogP contribution in [0.25, 0.3) is 0 Å². The van der Waals surface area contributed by atoms with Crippen molar-refractivity contribution < 1.29 is 13.9 Å². The smallest absolute Gasteiger partial charge is 0.407 e. The number of halogens is 2. The third-order valence-corrected chi connectivity index (χ3v) is 5.53. The Labute approximate surface area is 158 Å². The van der Waals surface area contributed by atoms with E-state index in [2.05, 4.69) is 10.6 Å². The number of ether oxygens (including phenoxy) is 1. The largest absolute Gasteiger partial charge is 0.449 e. The quantitative estimate of drug-likeness (QED) is 0.842. The summed E-state index contributed by atoms with van der Waals surface area (Å²) in [4.78, 5) is 12.1. The lowest BCUT2D eigenvalue weighted by Gasteiger charge is -2.22. The van der Waals surface area contributed by atoms with Crippen LogP contribution in [0.1, 0.15) is 11.1 Å². The zero-order valence-electron chi connectivity index (χ0n) is 14.3. The number of hydrogen-bond donors (Lipinski definition) is 2. The molecule has 2 unspecified atom stereocenters. The van der Waals surface area contributed by atoms with E-state index < -0.39 is 6.09 Å². The molecule has 2 fully saturated rings. The molecule has 1 saturated heterocycles. The third kappa shape index (κ3) is 3.29. The van der Waals surface area contributed by atoms with E-state index in [4.69, 9.17) is 4.74 Å². The van der Waals surface area contributed by atoms with Gasteiger partial charge in [-0.15, -0.1) is 12.4 Å². The van der Waals surface area contributed by atoms with Crippen LogP contribution in [0.5, 0.6) is 0 Å². The van der Waals surface area contributed by atoms with Gasteiger partial charge in [-0.2, -0.15) is 0 Å². The first-order valence-electron chi connectivity index (χ1n) is 8.62. The average molecular weight is 377 g/mol. The highest BCUT2D eigenvalue weighted by Gasteiger charge is 2.68. The Morgan fingerprint density at radius 1 is 1.12 bits per heavy atom. The zero-order chi connectivity index (χ0) is 17.3. The molecule has 2 N–H and O–H groups in total. The summed E-state index contributed by atoms with van der Waals surface area (Å²) in [5, 5.41) is 6.08. The van der Waals surface area contributed by atoms with Gasteiger partial charge in [-0.05, 0) is 42.1 Å². The average Bonchev–Trinajstić information content (AvgIpc) is 2.99. The van der Waals surface area contributed by atoms with Crippen molar-refractivity contribution in [1.29, 1.82) is 0 Å². The number of fused-ring (bicyclic) bond motifs is 1. The number of alkyl carbamates (subject to hydrolysis) is 1. The van der Waals surface area contributed by atoms with Gasteiger partial charge >= 0.3 is 6.09 Å². The minimum atomic E-state index is -0.461. The first kappa shape index (κ1) is 18.7. The monoisotopic (exact) mass is 376 g/mol. The lowest BCUT2D eigenvalue weighted by atomic mass is 9.90. The van der Waals surface area contributed by atoms with E-state index in [0.29, 0.717) is 23.9 Å². The van der Waals surface area contributed by atoms with Gasteiger partial charge in [0.15, 0.2) is 0 Å². The van der Waals surface area contributed by atoms with Crippen molar-refractivity contribution in [2.75, 3.05) is 19.7 Å². The van der Waals surface area contributed by atoms with E-state index in [0.717, 1.165) is 18.7 Å². The fraction of sp³-hybridized carbons (Fsp3) is 0.350. The highest BCUT2D eigenvalue weighted by molar-refractivity contribution is 5.85. The molecule has 138 valence electrons. The molecule has 2 aliphatic rings. The SMILES string of the molecule is Cl.O=C(NCc1ccccc1)OCC1(c2ccccc2F)C2CNCC21. The minimum Gasteiger partial charge on any atom is -0.449 e. The number of carbonyl (C=O) groups excluding carboxylic acids is 1. The Kier molecular flexibility index (Phi) is 5.49. The number of piperidine rings is 1. The lowest BCUT2D eigenvalue weighted by molar-refractivity contribution is 0.127. The number of hydrogen-bond acceptors (Lipinski definition) is 3. The maximum absolute atomic E-state index is 14.3. The van der Waals surface area contributed by atoms with Crippen LogP contribution >= 0.6 is 12.4 Å². The highest BCUT2D eigenvalue weighted by atomic mass is 35.5. The summed E-state index contributed by atoms with van der Waals surface area (Å²) < 4.78 is 19.8. The maximum atomic E-state index is 14.3. The van der Waals surface area contributed by atoms with Crippen molar-refractivity contribution in [3.05, 3.63) is 71.5 Å². The fourth-order valence-electron chi connectivity index (χ4n) is 4.18. The molecule has 26 heavy (non-hydrogen) atoms. The predicted octanol–water partition coefficient (Wildman–Crippen LogP) is 3.26. The highest BCUT2D eigenvalue weighted by Crippen LogP contribution is 2.62. The number of carbonyl (C=O) groups is 1. The van der Waals surface area contributed by atoms with Gasteiger partial charge in [0.25, 0.3) is 0 Å². The zero-order valence-corrected chi connectivity index (χ0v) is 15.1. The fourth-order valence-corrected chi connectivity index (χ4v) is 4.18. The molecule has 0 aromatic heterocycles. The van der Waals surface area contributed by atoms with Crippen LogP contribution in [-0.4, -0.2) is 25.8 Å². The summed E-state index contributed by atoms with van der Waals surface area (Å²) in [5.41, 5.74) is 1.29. The molecule has 1 amide bonds. The van der Waals surface area contributed by atoms with E-state index >= 15 is 0 Å². The molecule has 2 aromatic rings. The molecule has 6 heteroatoms. The second-order valence-electron chi connectivity index (χ2n) is 6.81. The Morgan fingerprint density at radius 2 is 1.77 bits per heavy atom. The standard InChI is InChI=1S/C20H21FN2O2.ClH/c21-18-9-5-4-8-15(18)20(16-11-22-12-17(16)20)13-25-19(24)23-10-14-6-2-1-3-7-14;/h1-9,16-17,22H,10-13H2,(H,23,24);1H. The normalized spacial score (nSPS) is 25.7. The Hall–Kier alpha value is -2.11. The molecular weight excluding hydrogens is 355 g/mol. The summed E-state index contributed by atoms with van der Waals surface area (Å²) in [6.07, 6.45) is -0.461. The van der Waals surface area contributed by atoms with Gasteiger partial charge in [0.1, 0.15) is 12.4 Å². The molecule has 1 aliphatic heterocycles. The van der Waals surface area contributed by atoms with Gasteiger partial charge in [0.2, 0.25) is 0 Å². The van der Waals surface area contributed by atoms with Gasteiger partial charge in [-0.1, -0.05) is 48.5 Å². The van der Waals surface area contributed by atoms with Crippen LogP contribution in [0.2, 0.25) is 0 Å². The van der Waals surface area contributed by atoms with Crippen LogP contribution in [0, 0.1) is 17.7 Å². The number of nitrogens with one attached hydrogen (secondary N) is 2. The molecule has 0 radical (unpaired) electrons.